The van der Waals surface area contributed by atoms with E-state index in [0.29, 0.717) is 5.69 Å². The number of carbonyl (C=O) groups excluding carboxylic acids is 2. The standard InChI is InChI=1S/C14H16BrN3O2/c15-10-5-9(6-11(16)7-10)8-18-12(19)14(17-13(18)20)3-1-2-4-14/h5-7H,1-4,8,16H2,(H,17,20). The van der Waals surface area contributed by atoms with Gasteiger partial charge in [0.25, 0.3) is 5.91 Å². The number of nitrogens with zero attached hydrogens (tertiary/aromatic N) is 1. The third kappa shape index (κ3) is 2.18. The molecule has 106 valence electrons. The average molecular weight is 338 g/mol. The Kier molecular flexibility index (Phi) is 3.20. The molecule has 1 aromatic carbocycles. The lowest BCUT2D eigenvalue weighted by Gasteiger charge is -2.20. The highest BCUT2D eigenvalue weighted by molar-refractivity contribution is 9.10. The molecule has 0 aromatic heterocycles. The topological polar surface area (TPSA) is 75.4 Å². The molecule has 6 heteroatoms. The second-order valence-electron chi connectivity index (χ2n) is 5.50. The SMILES string of the molecule is Nc1cc(Br)cc(CN2C(=O)NC3(CCCC3)C2=O)c1. The number of anilines is 1. The highest BCUT2D eigenvalue weighted by atomic mass is 79.9. The lowest BCUT2D eigenvalue weighted by atomic mass is 9.98. The Labute approximate surface area is 125 Å². The molecule has 3 rings (SSSR count). The number of urea groups is 1. The average Bonchev–Trinajstić information content (AvgIpc) is 2.90. The van der Waals surface area contributed by atoms with Crippen molar-refractivity contribution in [2.75, 3.05) is 5.73 Å². The highest BCUT2D eigenvalue weighted by Crippen LogP contribution is 2.35. The number of nitrogens with two attached hydrogens (primary N) is 1. The molecule has 1 aromatic rings. The van der Waals surface area contributed by atoms with Crippen LogP contribution in [0.2, 0.25) is 0 Å². The number of amides is 3. The van der Waals surface area contributed by atoms with Gasteiger partial charge in [-0.25, -0.2) is 4.79 Å². The third-order valence-corrected chi connectivity index (χ3v) is 4.48. The molecule has 2 fully saturated rings. The largest absolute Gasteiger partial charge is 0.399 e. The van der Waals surface area contributed by atoms with E-state index in [2.05, 4.69) is 21.2 Å². The Morgan fingerprint density at radius 2 is 1.95 bits per heavy atom. The smallest absolute Gasteiger partial charge is 0.325 e. The molecule has 3 N–H and O–H groups in total. The second-order valence-corrected chi connectivity index (χ2v) is 6.42. The third-order valence-electron chi connectivity index (χ3n) is 4.02. The first-order valence-electron chi connectivity index (χ1n) is 6.69. The molecule has 2 aliphatic rings. The summed E-state index contributed by atoms with van der Waals surface area (Å²) in [6.07, 6.45) is 3.47. The maximum Gasteiger partial charge on any atom is 0.325 e. The van der Waals surface area contributed by atoms with Crippen LogP contribution < -0.4 is 11.1 Å². The van der Waals surface area contributed by atoms with Crippen molar-refractivity contribution in [3.63, 3.8) is 0 Å². The zero-order valence-corrected chi connectivity index (χ0v) is 12.6. The van der Waals surface area contributed by atoms with E-state index in [1.807, 2.05) is 6.07 Å². The van der Waals surface area contributed by atoms with Gasteiger partial charge in [0.2, 0.25) is 0 Å². The van der Waals surface area contributed by atoms with Gasteiger partial charge in [-0.2, -0.15) is 0 Å². The van der Waals surface area contributed by atoms with E-state index in [0.717, 1.165) is 35.7 Å². The van der Waals surface area contributed by atoms with Crippen molar-refractivity contribution in [3.8, 4) is 0 Å². The van der Waals surface area contributed by atoms with Crippen LogP contribution in [0.3, 0.4) is 0 Å². The van der Waals surface area contributed by atoms with Crippen LogP contribution >= 0.6 is 15.9 Å². The number of hydrogen-bond acceptors (Lipinski definition) is 3. The maximum atomic E-state index is 12.5. The second kappa shape index (κ2) is 4.77. The van der Waals surface area contributed by atoms with Crippen LogP contribution in [0.25, 0.3) is 0 Å². The lowest BCUT2D eigenvalue weighted by molar-refractivity contribution is -0.131. The monoisotopic (exact) mass is 337 g/mol. The van der Waals surface area contributed by atoms with Crippen LogP contribution in [0.1, 0.15) is 31.2 Å². The number of carbonyl (C=O) groups is 2. The van der Waals surface area contributed by atoms with Crippen molar-refractivity contribution in [2.45, 2.75) is 37.8 Å². The van der Waals surface area contributed by atoms with Crippen LogP contribution in [0.15, 0.2) is 22.7 Å². The molecule has 0 radical (unpaired) electrons. The molecule has 0 unspecified atom stereocenters. The highest BCUT2D eigenvalue weighted by Gasteiger charge is 2.52. The maximum absolute atomic E-state index is 12.5. The minimum absolute atomic E-state index is 0.0986. The Balaban J connectivity index is 1.84. The van der Waals surface area contributed by atoms with E-state index in [9.17, 15) is 9.59 Å². The number of benzene rings is 1. The van der Waals surface area contributed by atoms with E-state index >= 15 is 0 Å². The summed E-state index contributed by atoms with van der Waals surface area (Å²) in [7, 11) is 0. The molecule has 1 saturated heterocycles. The zero-order chi connectivity index (χ0) is 14.3. The first kappa shape index (κ1) is 13.4. The molecule has 1 aliphatic carbocycles. The Morgan fingerprint density at radius 1 is 1.25 bits per heavy atom. The van der Waals surface area contributed by atoms with Gasteiger partial charge in [-0.1, -0.05) is 28.8 Å². The predicted octanol–water partition coefficient (Wildman–Crippen LogP) is 2.40. The van der Waals surface area contributed by atoms with E-state index < -0.39 is 5.54 Å². The number of halogens is 1. The van der Waals surface area contributed by atoms with Crippen LogP contribution in [0.5, 0.6) is 0 Å². The Hall–Kier alpha value is -1.56. The van der Waals surface area contributed by atoms with Crippen LogP contribution in [-0.2, 0) is 11.3 Å². The number of nitrogens with one attached hydrogen (secondary N) is 1. The minimum Gasteiger partial charge on any atom is -0.399 e. The van der Waals surface area contributed by atoms with Gasteiger partial charge in [0.05, 0.1) is 6.54 Å². The summed E-state index contributed by atoms with van der Waals surface area (Å²) in [5.74, 6) is -0.0986. The summed E-state index contributed by atoms with van der Waals surface area (Å²) in [6, 6.07) is 5.14. The lowest BCUT2D eigenvalue weighted by Crippen LogP contribution is -2.44. The van der Waals surface area contributed by atoms with Gasteiger partial charge in [-0.3, -0.25) is 9.69 Å². The molecular weight excluding hydrogens is 322 g/mol. The molecule has 1 spiro atoms. The van der Waals surface area contributed by atoms with Gasteiger partial charge >= 0.3 is 6.03 Å². The minimum atomic E-state index is -0.644. The molecule has 3 amide bonds. The van der Waals surface area contributed by atoms with Crippen LogP contribution in [-0.4, -0.2) is 22.4 Å². The van der Waals surface area contributed by atoms with Crippen molar-refractivity contribution in [1.29, 1.82) is 0 Å². The molecule has 0 bridgehead atoms. The fraction of sp³-hybridized carbons (Fsp3) is 0.429. The molecule has 5 nitrogen and oxygen atoms in total. The van der Waals surface area contributed by atoms with Crippen molar-refractivity contribution in [1.82, 2.24) is 10.2 Å². The first-order chi connectivity index (χ1) is 9.50. The van der Waals surface area contributed by atoms with Crippen LogP contribution in [0, 0.1) is 0 Å². The predicted molar refractivity (Wildman–Crippen MR) is 78.8 cm³/mol. The molecule has 20 heavy (non-hydrogen) atoms. The molecule has 0 atom stereocenters. The summed E-state index contributed by atoms with van der Waals surface area (Å²) in [5, 5.41) is 2.87. The molecule has 1 aliphatic heterocycles. The van der Waals surface area contributed by atoms with Crippen molar-refractivity contribution in [3.05, 3.63) is 28.2 Å². The summed E-state index contributed by atoms with van der Waals surface area (Å²) in [5.41, 5.74) is 6.59. The van der Waals surface area contributed by atoms with Gasteiger partial charge in [0.1, 0.15) is 5.54 Å². The van der Waals surface area contributed by atoms with E-state index in [4.69, 9.17) is 5.73 Å². The van der Waals surface area contributed by atoms with Gasteiger partial charge < -0.3 is 11.1 Å². The van der Waals surface area contributed by atoms with Gasteiger partial charge in [0, 0.05) is 10.2 Å². The summed E-state index contributed by atoms with van der Waals surface area (Å²) in [4.78, 5) is 25.9. The molecule has 1 heterocycles. The van der Waals surface area contributed by atoms with Crippen molar-refractivity contribution >= 4 is 33.6 Å². The first-order valence-corrected chi connectivity index (χ1v) is 7.49. The summed E-state index contributed by atoms with van der Waals surface area (Å²) >= 11 is 3.37. The fourth-order valence-electron chi connectivity index (χ4n) is 3.09. The quantitative estimate of drug-likeness (QED) is 0.642. The zero-order valence-electron chi connectivity index (χ0n) is 11.0. The molecule has 1 saturated carbocycles. The fourth-order valence-corrected chi connectivity index (χ4v) is 3.64. The van der Waals surface area contributed by atoms with E-state index in [-0.39, 0.29) is 18.5 Å². The normalized spacial score (nSPS) is 20.8. The Bertz CT molecular complexity index is 562. The number of imide groups is 1. The van der Waals surface area contributed by atoms with Gasteiger partial charge in [0.15, 0.2) is 0 Å². The number of rotatable bonds is 2. The van der Waals surface area contributed by atoms with Crippen molar-refractivity contribution in [2.24, 2.45) is 0 Å². The van der Waals surface area contributed by atoms with Gasteiger partial charge in [-0.05, 0) is 36.6 Å². The number of nitrogen functional groups attached to an aromatic ring is 1. The van der Waals surface area contributed by atoms with Crippen molar-refractivity contribution < 1.29 is 9.59 Å². The van der Waals surface area contributed by atoms with E-state index in [1.54, 1.807) is 12.1 Å². The number of hydrogen-bond donors (Lipinski definition) is 2. The van der Waals surface area contributed by atoms with Crippen LogP contribution in [0.4, 0.5) is 10.5 Å². The Morgan fingerprint density at radius 3 is 2.60 bits per heavy atom. The molecular formula is C14H16BrN3O2. The summed E-state index contributed by atoms with van der Waals surface area (Å²) in [6.45, 7) is 0.260. The van der Waals surface area contributed by atoms with E-state index in [1.165, 1.54) is 4.90 Å². The summed E-state index contributed by atoms with van der Waals surface area (Å²) < 4.78 is 0.843. The van der Waals surface area contributed by atoms with Gasteiger partial charge in [-0.15, -0.1) is 0 Å².